The summed E-state index contributed by atoms with van der Waals surface area (Å²) in [5, 5.41) is 9.33. The minimum absolute atomic E-state index is 0.159. The van der Waals surface area contributed by atoms with Gasteiger partial charge in [0.1, 0.15) is 5.69 Å². The second-order valence-electron chi connectivity index (χ2n) is 8.04. The van der Waals surface area contributed by atoms with Crippen molar-refractivity contribution in [3.05, 3.63) is 83.0 Å². The highest BCUT2D eigenvalue weighted by molar-refractivity contribution is 6.06. The summed E-state index contributed by atoms with van der Waals surface area (Å²) in [6, 6.07) is 15.3. The van der Waals surface area contributed by atoms with Crippen LogP contribution in [0.5, 0.6) is 0 Å². The first kappa shape index (κ1) is 20.7. The molecule has 0 saturated carbocycles. The smallest absolute Gasteiger partial charge is 0.259 e. The molecule has 8 nitrogen and oxygen atoms in total. The number of carbonyl (C=O) groups excluding carboxylic acids is 1. The number of amides is 1. The number of nitrogens with zero attached hydrogens (tertiary/aromatic N) is 5. The van der Waals surface area contributed by atoms with Crippen molar-refractivity contribution in [3.63, 3.8) is 0 Å². The van der Waals surface area contributed by atoms with Gasteiger partial charge in [-0.25, -0.2) is 9.67 Å². The number of hydrogen-bond acceptors (Lipinski definition) is 6. The van der Waals surface area contributed by atoms with E-state index >= 15 is 0 Å². The summed E-state index contributed by atoms with van der Waals surface area (Å²) < 4.78 is 12.8. The van der Waals surface area contributed by atoms with E-state index in [-0.39, 0.29) is 5.91 Å². The van der Waals surface area contributed by atoms with Gasteiger partial charge in [-0.2, -0.15) is 5.10 Å². The molecule has 33 heavy (non-hydrogen) atoms. The second-order valence-corrected chi connectivity index (χ2v) is 8.04. The molecule has 0 saturated heterocycles. The van der Waals surface area contributed by atoms with Crippen LogP contribution in [0.15, 0.2) is 63.7 Å². The number of carbonyl (C=O) groups is 1. The zero-order valence-electron chi connectivity index (χ0n) is 18.9. The average molecular weight is 441 g/mol. The summed E-state index contributed by atoms with van der Waals surface area (Å²) in [7, 11) is 1.78. The molecule has 5 rings (SSSR count). The summed E-state index contributed by atoms with van der Waals surface area (Å²) in [5.74, 6) is 0.395. The standard InChI is InChI=1S/C25H23N5O3/c1-15-20(17(3)30(27-15)18-9-6-5-7-10-18)14-29(4)25(31)19-13-21(22-11-8-12-32-22)26-24-23(19)16(2)28-33-24/h5-13H,14H2,1-4H3. The van der Waals surface area contributed by atoms with Crippen LogP contribution in [0.4, 0.5) is 0 Å². The number of pyridine rings is 1. The summed E-state index contributed by atoms with van der Waals surface area (Å²) >= 11 is 0. The molecule has 1 amide bonds. The molecule has 1 aromatic carbocycles. The van der Waals surface area contributed by atoms with Crippen LogP contribution in [0, 0.1) is 20.8 Å². The third-order valence-corrected chi connectivity index (χ3v) is 5.81. The maximum atomic E-state index is 13.6. The summed E-state index contributed by atoms with van der Waals surface area (Å²) in [4.78, 5) is 19.8. The number of furan rings is 1. The fraction of sp³-hybridized carbons (Fsp3) is 0.200. The molecule has 0 aliphatic rings. The molecule has 0 unspecified atom stereocenters. The Hall–Kier alpha value is -4.20. The van der Waals surface area contributed by atoms with E-state index in [0.717, 1.165) is 22.6 Å². The molecule has 0 N–H and O–H groups in total. The Morgan fingerprint density at radius 1 is 1.06 bits per heavy atom. The van der Waals surface area contributed by atoms with Gasteiger partial charge in [-0.3, -0.25) is 4.79 Å². The van der Waals surface area contributed by atoms with Crippen molar-refractivity contribution in [2.45, 2.75) is 27.3 Å². The molecule has 0 radical (unpaired) electrons. The van der Waals surface area contributed by atoms with Crippen molar-refractivity contribution < 1.29 is 13.7 Å². The van der Waals surface area contributed by atoms with Crippen molar-refractivity contribution >= 4 is 17.0 Å². The van der Waals surface area contributed by atoms with E-state index in [1.807, 2.05) is 48.9 Å². The first-order chi connectivity index (χ1) is 15.9. The molecular weight excluding hydrogens is 418 g/mol. The Morgan fingerprint density at radius 3 is 2.58 bits per heavy atom. The maximum Gasteiger partial charge on any atom is 0.259 e. The minimum Gasteiger partial charge on any atom is -0.463 e. The fourth-order valence-corrected chi connectivity index (χ4v) is 4.05. The van der Waals surface area contributed by atoms with E-state index in [9.17, 15) is 4.79 Å². The molecule has 0 aliphatic heterocycles. The van der Waals surface area contributed by atoms with Gasteiger partial charge >= 0.3 is 0 Å². The van der Waals surface area contributed by atoms with Crippen molar-refractivity contribution in [2.24, 2.45) is 0 Å². The number of aryl methyl sites for hydroxylation is 2. The second kappa shape index (κ2) is 8.05. The summed E-state index contributed by atoms with van der Waals surface area (Å²) in [5.41, 5.74) is 5.78. The first-order valence-electron chi connectivity index (χ1n) is 10.6. The van der Waals surface area contributed by atoms with Crippen LogP contribution < -0.4 is 0 Å². The SMILES string of the molecule is Cc1nn(-c2ccccc2)c(C)c1CN(C)C(=O)c1cc(-c2ccco2)nc2onc(C)c12. The third-order valence-electron chi connectivity index (χ3n) is 5.81. The predicted octanol–water partition coefficient (Wildman–Crippen LogP) is 4.87. The first-order valence-corrected chi connectivity index (χ1v) is 10.6. The molecule has 0 fully saturated rings. The van der Waals surface area contributed by atoms with Crippen LogP contribution in [0.25, 0.3) is 28.2 Å². The molecule has 0 aliphatic carbocycles. The Kier molecular flexibility index (Phi) is 5.05. The lowest BCUT2D eigenvalue weighted by atomic mass is 10.1. The van der Waals surface area contributed by atoms with E-state index < -0.39 is 0 Å². The molecule has 0 spiro atoms. The summed E-state index contributed by atoms with van der Waals surface area (Å²) in [6.45, 7) is 6.19. The maximum absolute atomic E-state index is 13.6. The Morgan fingerprint density at radius 2 is 1.85 bits per heavy atom. The quantitative estimate of drug-likeness (QED) is 0.387. The monoisotopic (exact) mass is 441 g/mol. The van der Waals surface area contributed by atoms with Gasteiger partial charge < -0.3 is 13.8 Å². The number of rotatable bonds is 5. The molecule has 0 bridgehead atoms. The highest BCUT2D eigenvalue weighted by Crippen LogP contribution is 2.29. The van der Waals surface area contributed by atoms with Crippen LogP contribution in [0.2, 0.25) is 0 Å². The molecule has 4 heterocycles. The predicted molar refractivity (Wildman–Crippen MR) is 123 cm³/mol. The lowest BCUT2D eigenvalue weighted by Crippen LogP contribution is -2.27. The third kappa shape index (κ3) is 3.59. The van der Waals surface area contributed by atoms with Crippen LogP contribution >= 0.6 is 0 Å². The van der Waals surface area contributed by atoms with Gasteiger partial charge in [-0.1, -0.05) is 23.4 Å². The van der Waals surface area contributed by atoms with Crippen molar-refractivity contribution in [3.8, 4) is 17.1 Å². The van der Waals surface area contributed by atoms with E-state index in [1.54, 1.807) is 43.3 Å². The zero-order valence-corrected chi connectivity index (χ0v) is 18.9. The molecule has 4 aromatic heterocycles. The zero-order chi connectivity index (χ0) is 23.1. The minimum atomic E-state index is -0.159. The van der Waals surface area contributed by atoms with E-state index in [2.05, 4.69) is 10.1 Å². The number of para-hydroxylation sites is 1. The molecule has 5 aromatic rings. The highest BCUT2D eigenvalue weighted by Gasteiger charge is 2.24. The molecule has 166 valence electrons. The van der Waals surface area contributed by atoms with Crippen molar-refractivity contribution in [2.75, 3.05) is 7.05 Å². The van der Waals surface area contributed by atoms with Crippen LogP contribution in [-0.4, -0.2) is 37.8 Å². The summed E-state index contributed by atoms with van der Waals surface area (Å²) in [6.07, 6.45) is 1.57. The van der Waals surface area contributed by atoms with Gasteiger partial charge in [-0.15, -0.1) is 0 Å². The van der Waals surface area contributed by atoms with Crippen LogP contribution in [0.1, 0.15) is 33.0 Å². The van der Waals surface area contributed by atoms with E-state index in [0.29, 0.717) is 40.4 Å². The lowest BCUT2D eigenvalue weighted by molar-refractivity contribution is 0.0786. The topological polar surface area (TPSA) is 90.2 Å². The van der Waals surface area contributed by atoms with E-state index in [1.165, 1.54) is 0 Å². The number of benzene rings is 1. The molecule has 0 atom stereocenters. The van der Waals surface area contributed by atoms with Crippen LogP contribution in [0.3, 0.4) is 0 Å². The van der Waals surface area contributed by atoms with Gasteiger partial charge in [0.15, 0.2) is 5.76 Å². The highest BCUT2D eigenvalue weighted by atomic mass is 16.5. The van der Waals surface area contributed by atoms with Gasteiger partial charge in [-0.05, 0) is 51.1 Å². The van der Waals surface area contributed by atoms with Crippen molar-refractivity contribution in [1.82, 2.24) is 24.8 Å². The molecule has 8 heteroatoms. The van der Waals surface area contributed by atoms with Crippen molar-refractivity contribution in [1.29, 1.82) is 0 Å². The number of fused-ring (bicyclic) bond motifs is 1. The van der Waals surface area contributed by atoms with Gasteiger partial charge in [0.2, 0.25) is 0 Å². The molecular formula is C25H23N5O3. The Balaban J connectivity index is 1.51. The largest absolute Gasteiger partial charge is 0.463 e. The lowest BCUT2D eigenvalue weighted by Gasteiger charge is -2.18. The van der Waals surface area contributed by atoms with Gasteiger partial charge in [0.05, 0.1) is 34.3 Å². The van der Waals surface area contributed by atoms with E-state index in [4.69, 9.17) is 14.0 Å². The normalized spacial score (nSPS) is 11.3. The van der Waals surface area contributed by atoms with Crippen LogP contribution in [-0.2, 0) is 6.54 Å². The Labute approximate surface area is 190 Å². The number of hydrogen-bond donors (Lipinski definition) is 0. The number of aromatic nitrogens is 4. The fourth-order valence-electron chi connectivity index (χ4n) is 4.05. The average Bonchev–Trinajstić information content (AvgIpc) is 3.55. The van der Waals surface area contributed by atoms with Gasteiger partial charge in [0, 0.05) is 24.8 Å². The Bertz CT molecular complexity index is 1450. The van der Waals surface area contributed by atoms with Gasteiger partial charge in [0.25, 0.3) is 11.6 Å².